The Morgan fingerprint density at radius 1 is 1.37 bits per heavy atom. The Morgan fingerprint density at radius 2 is 2.11 bits per heavy atom. The number of nitrogens with one attached hydrogen (secondary N) is 2. The Hall–Kier alpha value is -2.34. The van der Waals surface area contributed by atoms with Crippen molar-refractivity contribution >= 4 is 17.9 Å². The molecule has 0 fully saturated rings. The van der Waals surface area contributed by atoms with Gasteiger partial charge in [0.05, 0.1) is 0 Å². The average Bonchev–Trinajstić information content (AvgIpc) is 2.41. The van der Waals surface area contributed by atoms with Crippen molar-refractivity contribution in [3.8, 4) is 5.75 Å². The molecule has 0 heterocycles. The molecule has 0 unspecified atom stereocenters. The third-order valence-corrected chi connectivity index (χ3v) is 2.21. The smallest absolute Gasteiger partial charge is 0.271 e. The van der Waals surface area contributed by atoms with Crippen molar-refractivity contribution in [3.63, 3.8) is 0 Å². The minimum absolute atomic E-state index is 0.0891. The van der Waals surface area contributed by atoms with Crippen LogP contribution in [0.2, 0.25) is 0 Å². The summed E-state index contributed by atoms with van der Waals surface area (Å²) in [5.41, 5.74) is 2.81. The number of para-hydroxylation sites is 1. The highest BCUT2D eigenvalue weighted by Crippen LogP contribution is 2.19. The molecule has 1 aromatic carbocycles. The Bertz CT molecular complexity index is 472. The maximum absolute atomic E-state index is 11.0. The van der Waals surface area contributed by atoms with Crippen molar-refractivity contribution in [1.29, 1.82) is 0 Å². The minimum Gasteiger partial charge on any atom is -0.483 e. The van der Waals surface area contributed by atoms with E-state index in [2.05, 4.69) is 5.32 Å². The van der Waals surface area contributed by atoms with Gasteiger partial charge < -0.3 is 10.1 Å². The Kier molecular flexibility index (Phi) is 6.11. The average molecular weight is 263 g/mol. The van der Waals surface area contributed by atoms with Gasteiger partial charge in [-0.15, -0.1) is 0 Å². The van der Waals surface area contributed by atoms with Crippen LogP contribution in [0.25, 0.3) is 6.08 Å². The third-order valence-electron chi connectivity index (χ3n) is 2.21. The van der Waals surface area contributed by atoms with Crippen LogP contribution in [0.15, 0.2) is 30.3 Å². The normalized spacial score (nSPS) is 10.2. The van der Waals surface area contributed by atoms with Crippen LogP contribution in [0, 0.1) is 0 Å². The molecule has 4 N–H and O–H groups in total. The summed E-state index contributed by atoms with van der Waals surface area (Å²) in [6.45, 7) is 1.75. The molecule has 0 aliphatic heterocycles. The molecular weight excluding hydrogens is 246 g/mol. The molecule has 0 aliphatic carbocycles. The largest absolute Gasteiger partial charge is 0.483 e. The summed E-state index contributed by atoms with van der Waals surface area (Å²) in [6, 6.07) is 7.26. The number of hydrazine groups is 1. The van der Waals surface area contributed by atoms with Crippen LogP contribution in [-0.2, 0) is 9.59 Å². The number of nitrogens with two attached hydrogens (primary N) is 1. The van der Waals surface area contributed by atoms with Gasteiger partial charge in [0, 0.05) is 19.0 Å². The second-order valence-electron chi connectivity index (χ2n) is 3.73. The van der Waals surface area contributed by atoms with Crippen LogP contribution in [0.5, 0.6) is 5.75 Å². The van der Waals surface area contributed by atoms with Gasteiger partial charge >= 0.3 is 0 Å². The van der Waals surface area contributed by atoms with E-state index in [1.165, 1.54) is 6.92 Å². The highest BCUT2D eigenvalue weighted by molar-refractivity contribution is 5.77. The van der Waals surface area contributed by atoms with Crippen molar-refractivity contribution < 1.29 is 14.3 Å². The highest BCUT2D eigenvalue weighted by atomic mass is 16.5. The van der Waals surface area contributed by atoms with E-state index in [1.54, 1.807) is 18.2 Å². The monoisotopic (exact) mass is 263 g/mol. The number of carbonyl (C=O) groups is 2. The highest BCUT2D eigenvalue weighted by Gasteiger charge is 2.03. The first-order valence-corrected chi connectivity index (χ1v) is 5.75. The van der Waals surface area contributed by atoms with Crippen molar-refractivity contribution in [2.24, 2.45) is 5.84 Å². The van der Waals surface area contributed by atoms with E-state index in [0.717, 1.165) is 5.56 Å². The van der Waals surface area contributed by atoms with E-state index in [9.17, 15) is 9.59 Å². The predicted octanol–water partition coefficient (Wildman–Crippen LogP) is 0.205. The van der Waals surface area contributed by atoms with E-state index in [-0.39, 0.29) is 12.5 Å². The van der Waals surface area contributed by atoms with Crippen molar-refractivity contribution in [2.75, 3.05) is 13.2 Å². The number of hydrogen-bond donors (Lipinski definition) is 3. The molecule has 0 aliphatic rings. The van der Waals surface area contributed by atoms with Crippen LogP contribution in [0.1, 0.15) is 12.5 Å². The molecular formula is C13H17N3O3. The first-order valence-electron chi connectivity index (χ1n) is 5.75. The van der Waals surface area contributed by atoms with Gasteiger partial charge in [-0.3, -0.25) is 15.0 Å². The number of rotatable bonds is 6. The molecule has 0 saturated heterocycles. The quantitative estimate of drug-likeness (QED) is 0.388. The number of amides is 2. The second kappa shape index (κ2) is 7.88. The maximum atomic E-state index is 11.0. The first-order chi connectivity index (χ1) is 9.13. The molecule has 1 rings (SSSR count). The van der Waals surface area contributed by atoms with Crippen LogP contribution in [-0.4, -0.2) is 25.0 Å². The Labute approximate surface area is 111 Å². The van der Waals surface area contributed by atoms with Crippen molar-refractivity contribution in [3.05, 3.63) is 35.9 Å². The molecule has 6 heteroatoms. The van der Waals surface area contributed by atoms with Crippen LogP contribution >= 0.6 is 0 Å². The number of ether oxygens (including phenoxy) is 1. The molecule has 1 aromatic rings. The molecule has 0 saturated carbocycles. The lowest BCUT2D eigenvalue weighted by Crippen LogP contribution is -2.34. The van der Waals surface area contributed by atoms with Gasteiger partial charge in [0.15, 0.2) is 6.61 Å². The lowest BCUT2D eigenvalue weighted by molar-refractivity contribution is -0.123. The van der Waals surface area contributed by atoms with E-state index in [0.29, 0.717) is 12.3 Å². The summed E-state index contributed by atoms with van der Waals surface area (Å²) >= 11 is 0. The topological polar surface area (TPSA) is 93.4 Å². The summed E-state index contributed by atoms with van der Waals surface area (Å²) in [7, 11) is 0. The van der Waals surface area contributed by atoms with Gasteiger partial charge in [-0.2, -0.15) is 0 Å². The zero-order valence-electron chi connectivity index (χ0n) is 10.7. The zero-order valence-corrected chi connectivity index (χ0v) is 10.7. The van der Waals surface area contributed by atoms with E-state index >= 15 is 0 Å². The number of hydrogen-bond acceptors (Lipinski definition) is 4. The molecule has 0 spiro atoms. The molecule has 102 valence electrons. The molecule has 19 heavy (non-hydrogen) atoms. The van der Waals surface area contributed by atoms with Crippen LogP contribution in [0.3, 0.4) is 0 Å². The number of carbonyl (C=O) groups excluding carboxylic acids is 2. The fraction of sp³-hybridized carbons (Fsp3) is 0.231. The standard InChI is InChI=1S/C13H17N3O3/c1-10(17)15-8-4-6-11-5-2-3-7-12(11)19-9-13(18)16-14/h2-7H,8-9,14H2,1H3,(H,15,17)(H,16,18). The molecule has 0 atom stereocenters. The fourth-order valence-electron chi connectivity index (χ4n) is 1.32. The zero-order chi connectivity index (χ0) is 14.1. The van der Waals surface area contributed by atoms with Gasteiger partial charge in [0.2, 0.25) is 5.91 Å². The summed E-state index contributed by atoms with van der Waals surface area (Å²) in [5, 5.41) is 2.65. The Balaban J connectivity index is 2.62. The van der Waals surface area contributed by atoms with Crippen LogP contribution < -0.4 is 21.3 Å². The van der Waals surface area contributed by atoms with E-state index < -0.39 is 5.91 Å². The van der Waals surface area contributed by atoms with Gasteiger partial charge in [0.25, 0.3) is 5.91 Å². The summed E-state index contributed by atoms with van der Waals surface area (Å²) in [6.07, 6.45) is 3.61. The minimum atomic E-state index is -0.406. The summed E-state index contributed by atoms with van der Waals surface area (Å²) in [4.78, 5) is 21.7. The van der Waals surface area contributed by atoms with E-state index in [1.807, 2.05) is 23.6 Å². The summed E-state index contributed by atoms with van der Waals surface area (Å²) < 4.78 is 5.34. The second-order valence-corrected chi connectivity index (χ2v) is 3.73. The SMILES string of the molecule is CC(=O)NCC=Cc1ccccc1OCC(=O)NN. The fourth-order valence-corrected chi connectivity index (χ4v) is 1.32. The lowest BCUT2D eigenvalue weighted by atomic mass is 10.2. The van der Waals surface area contributed by atoms with Gasteiger partial charge in [-0.25, -0.2) is 5.84 Å². The third kappa shape index (κ3) is 5.69. The lowest BCUT2D eigenvalue weighted by Gasteiger charge is -2.08. The Morgan fingerprint density at radius 3 is 2.79 bits per heavy atom. The first kappa shape index (κ1) is 14.7. The molecule has 0 aromatic heterocycles. The number of benzene rings is 1. The molecule has 0 radical (unpaired) electrons. The van der Waals surface area contributed by atoms with Gasteiger partial charge in [-0.05, 0) is 6.07 Å². The van der Waals surface area contributed by atoms with E-state index in [4.69, 9.17) is 10.6 Å². The summed E-state index contributed by atoms with van der Waals surface area (Å²) in [5.74, 6) is 5.05. The molecule has 2 amide bonds. The van der Waals surface area contributed by atoms with Gasteiger partial charge in [-0.1, -0.05) is 30.4 Å². The maximum Gasteiger partial charge on any atom is 0.271 e. The van der Waals surface area contributed by atoms with Gasteiger partial charge in [0.1, 0.15) is 5.75 Å². The predicted molar refractivity (Wildman–Crippen MR) is 72.0 cm³/mol. The van der Waals surface area contributed by atoms with Crippen molar-refractivity contribution in [2.45, 2.75) is 6.92 Å². The molecule has 6 nitrogen and oxygen atoms in total. The van der Waals surface area contributed by atoms with Crippen molar-refractivity contribution in [1.82, 2.24) is 10.7 Å². The molecule has 0 bridgehead atoms. The van der Waals surface area contributed by atoms with Crippen LogP contribution in [0.4, 0.5) is 0 Å².